The fourth-order valence-electron chi connectivity index (χ4n) is 3.56. The molecule has 138 valence electrons. The van der Waals surface area contributed by atoms with E-state index in [2.05, 4.69) is 35.2 Å². The predicted octanol–water partition coefficient (Wildman–Crippen LogP) is 5.18. The SMILES string of the molecule is Cl.O=C(C=Cc1ccccc1)CCN1CCCCC1Cc1ccccc1. The van der Waals surface area contributed by atoms with Crippen molar-refractivity contribution in [3.8, 4) is 0 Å². The van der Waals surface area contributed by atoms with Crippen LogP contribution in [0.25, 0.3) is 6.08 Å². The van der Waals surface area contributed by atoms with Crippen LogP contribution < -0.4 is 0 Å². The highest BCUT2D eigenvalue weighted by Crippen LogP contribution is 2.21. The van der Waals surface area contributed by atoms with Crippen LogP contribution in [0.15, 0.2) is 66.7 Å². The summed E-state index contributed by atoms with van der Waals surface area (Å²) in [6.07, 6.45) is 9.13. The van der Waals surface area contributed by atoms with Gasteiger partial charge in [0.05, 0.1) is 0 Å². The fourth-order valence-corrected chi connectivity index (χ4v) is 3.56. The van der Waals surface area contributed by atoms with E-state index in [1.165, 1.54) is 24.8 Å². The van der Waals surface area contributed by atoms with Crippen molar-refractivity contribution in [2.75, 3.05) is 13.1 Å². The number of carbonyl (C=O) groups is 1. The lowest BCUT2D eigenvalue weighted by Gasteiger charge is -2.35. The molecule has 3 rings (SSSR count). The third-order valence-electron chi connectivity index (χ3n) is 4.97. The Hall–Kier alpha value is -1.90. The highest BCUT2D eigenvalue weighted by atomic mass is 35.5. The maximum Gasteiger partial charge on any atom is 0.156 e. The Labute approximate surface area is 163 Å². The average molecular weight is 370 g/mol. The molecule has 0 radical (unpaired) electrons. The van der Waals surface area contributed by atoms with Crippen molar-refractivity contribution in [3.05, 3.63) is 77.9 Å². The molecule has 0 saturated carbocycles. The lowest BCUT2D eigenvalue weighted by molar-refractivity contribution is -0.115. The van der Waals surface area contributed by atoms with Crippen molar-refractivity contribution in [2.24, 2.45) is 0 Å². The summed E-state index contributed by atoms with van der Waals surface area (Å²) in [6, 6.07) is 21.3. The van der Waals surface area contributed by atoms with Crippen LogP contribution in [-0.2, 0) is 11.2 Å². The van der Waals surface area contributed by atoms with Gasteiger partial charge in [-0.05, 0) is 43.0 Å². The van der Waals surface area contributed by atoms with Gasteiger partial charge in [-0.25, -0.2) is 0 Å². The largest absolute Gasteiger partial charge is 0.300 e. The number of halogens is 1. The molecule has 0 aromatic heterocycles. The van der Waals surface area contributed by atoms with Gasteiger partial charge in [0, 0.05) is 19.0 Å². The quantitative estimate of drug-likeness (QED) is 0.627. The van der Waals surface area contributed by atoms with Crippen LogP contribution >= 0.6 is 12.4 Å². The summed E-state index contributed by atoms with van der Waals surface area (Å²) < 4.78 is 0. The molecule has 2 nitrogen and oxygen atoms in total. The Balaban J connectivity index is 0.00000243. The molecule has 3 heteroatoms. The Morgan fingerprint density at radius 1 is 1.00 bits per heavy atom. The maximum atomic E-state index is 12.2. The zero-order chi connectivity index (χ0) is 17.3. The second kappa shape index (κ2) is 10.9. The molecule has 0 spiro atoms. The third kappa shape index (κ3) is 6.44. The first-order valence-corrected chi connectivity index (χ1v) is 9.35. The molecule has 1 atom stereocenters. The van der Waals surface area contributed by atoms with E-state index in [0.717, 1.165) is 25.1 Å². The minimum Gasteiger partial charge on any atom is -0.300 e. The summed E-state index contributed by atoms with van der Waals surface area (Å²) in [4.78, 5) is 14.7. The van der Waals surface area contributed by atoms with Crippen LogP contribution in [-0.4, -0.2) is 29.8 Å². The number of carbonyl (C=O) groups excluding carboxylic acids is 1. The topological polar surface area (TPSA) is 20.3 Å². The van der Waals surface area contributed by atoms with E-state index in [1.54, 1.807) is 6.08 Å². The van der Waals surface area contributed by atoms with Crippen molar-refractivity contribution < 1.29 is 4.79 Å². The van der Waals surface area contributed by atoms with Gasteiger partial charge < -0.3 is 0 Å². The van der Waals surface area contributed by atoms with Crippen molar-refractivity contribution in [2.45, 2.75) is 38.1 Å². The molecule has 2 aromatic rings. The van der Waals surface area contributed by atoms with Crippen LogP contribution in [0.4, 0.5) is 0 Å². The van der Waals surface area contributed by atoms with E-state index in [-0.39, 0.29) is 18.2 Å². The number of hydrogen-bond donors (Lipinski definition) is 0. The summed E-state index contributed by atoms with van der Waals surface area (Å²) in [7, 11) is 0. The van der Waals surface area contributed by atoms with Crippen LogP contribution in [0.2, 0.25) is 0 Å². The molecule has 1 fully saturated rings. The smallest absolute Gasteiger partial charge is 0.156 e. The van der Waals surface area contributed by atoms with Crippen molar-refractivity contribution >= 4 is 24.3 Å². The number of hydrogen-bond acceptors (Lipinski definition) is 2. The van der Waals surface area contributed by atoms with E-state index in [9.17, 15) is 4.79 Å². The van der Waals surface area contributed by atoms with Crippen LogP contribution in [0.1, 0.15) is 36.8 Å². The Bertz CT molecular complexity index is 684. The molecule has 0 aliphatic carbocycles. The molecule has 0 N–H and O–H groups in total. The molecule has 2 aromatic carbocycles. The summed E-state index contributed by atoms with van der Waals surface area (Å²) in [5.74, 6) is 0.216. The molecule has 1 aliphatic rings. The summed E-state index contributed by atoms with van der Waals surface area (Å²) in [6.45, 7) is 1.99. The second-order valence-electron chi connectivity index (χ2n) is 6.84. The van der Waals surface area contributed by atoms with Gasteiger partial charge in [-0.2, -0.15) is 0 Å². The number of rotatable bonds is 7. The summed E-state index contributed by atoms with van der Waals surface area (Å²) in [5, 5.41) is 0. The number of benzene rings is 2. The normalized spacial score (nSPS) is 17.8. The fraction of sp³-hybridized carbons (Fsp3) is 0.348. The summed E-state index contributed by atoms with van der Waals surface area (Å²) in [5.41, 5.74) is 2.48. The molecule has 0 bridgehead atoms. The number of allylic oxidation sites excluding steroid dienone is 1. The van der Waals surface area contributed by atoms with Crippen molar-refractivity contribution in [1.29, 1.82) is 0 Å². The van der Waals surface area contributed by atoms with Crippen molar-refractivity contribution in [1.82, 2.24) is 4.90 Å². The molecule has 26 heavy (non-hydrogen) atoms. The molecule has 1 unspecified atom stereocenters. The zero-order valence-electron chi connectivity index (χ0n) is 15.2. The van der Waals surface area contributed by atoms with E-state index in [0.29, 0.717) is 12.5 Å². The standard InChI is InChI=1S/C23H27NO.ClH/c25-23(15-14-20-9-3-1-4-10-20)16-18-24-17-8-7-13-22(24)19-21-11-5-2-6-12-21;/h1-6,9-12,14-15,22H,7-8,13,16-19H2;1H. The van der Waals surface area contributed by atoms with Gasteiger partial charge in [0.2, 0.25) is 0 Å². The highest BCUT2D eigenvalue weighted by molar-refractivity contribution is 5.93. The van der Waals surface area contributed by atoms with Crippen LogP contribution in [0.3, 0.4) is 0 Å². The Morgan fingerprint density at radius 3 is 2.42 bits per heavy atom. The molecule has 1 heterocycles. The molecular weight excluding hydrogens is 342 g/mol. The molecule has 1 aliphatic heterocycles. The average Bonchev–Trinajstić information content (AvgIpc) is 2.67. The molecule has 1 saturated heterocycles. The second-order valence-corrected chi connectivity index (χ2v) is 6.84. The first-order valence-electron chi connectivity index (χ1n) is 9.35. The van der Waals surface area contributed by atoms with Gasteiger partial charge in [0.25, 0.3) is 0 Å². The van der Waals surface area contributed by atoms with E-state index < -0.39 is 0 Å². The predicted molar refractivity (Wildman–Crippen MR) is 112 cm³/mol. The lowest BCUT2D eigenvalue weighted by atomic mass is 9.95. The maximum absolute atomic E-state index is 12.2. The van der Waals surface area contributed by atoms with Gasteiger partial charge in [0.15, 0.2) is 5.78 Å². The number of nitrogens with zero attached hydrogens (tertiary/aromatic N) is 1. The minimum atomic E-state index is 0. The zero-order valence-corrected chi connectivity index (χ0v) is 16.0. The number of likely N-dealkylation sites (tertiary alicyclic amines) is 1. The summed E-state index contributed by atoms with van der Waals surface area (Å²) >= 11 is 0. The molecular formula is C23H28ClNO. The first-order chi connectivity index (χ1) is 12.3. The minimum absolute atomic E-state index is 0. The van der Waals surface area contributed by atoms with E-state index in [4.69, 9.17) is 0 Å². The van der Waals surface area contributed by atoms with Gasteiger partial charge in [0.1, 0.15) is 0 Å². The van der Waals surface area contributed by atoms with E-state index >= 15 is 0 Å². The Morgan fingerprint density at radius 2 is 1.69 bits per heavy atom. The van der Waals surface area contributed by atoms with Crippen molar-refractivity contribution in [3.63, 3.8) is 0 Å². The molecule has 0 amide bonds. The highest BCUT2D eigenvalue weighted by Gasteiger charge is 2.22. The van der Waals surface area contributed by atoms with Gasteiger partial charge in [-0.15, -0.1) is 12.4 Å². The number of ketones is 1. The van der Waals surface area contributed by atoms with Gasteiger partial charge in [-0.3, -0.25) is 9.69 Å². The number of piperidine rings is 1. The Kier molecular flexibility index (Phi) is 8.60. The van der Waals surface area contributed by atoms with Gasteiger partial charge >= 0.3 is 0 Å². The first kappa shape index (κ1) is 20.4. The monoisotopic (exact) mass is 369 g/mol. The van der Waals surface area contributed by atoms with E-state index in [1.807, 2.05) is 36.4 Å². The van der Waals surface area contributed by atoms with Crippen LogP contribution in [0, 0.1) is 0 Å². The lowest BCUT2D eigenvalue weighted by Crippen LogP contribution is -2.41. The van der Waals surface area contributed by atoms with Gasteiger partial charge in [-0.1, -0.05) is 73.2 Å². The van der Waals surface area contributed by atoms with Crippen LogP contribution in [0.5, 0.6) is 0 Å². The third-order valence-corrected chi connectivity index (χ3v) is 4.97.